The van der Waals surface area contributed by atoms with Crippen molar-refractivity contribution in [1.29, 1.82) is 0 Å². The second kappa shape index (κ2) is 3.99. The maximum atomic E-state index is 11.1. The Labute approximate surface area is 84.8 Å². The quantitative estimate of drug-likeness (QED) is 0.694. The van der Waals surface area contributed by atoms with E-state index in [1.54, 1.807) is 0 Å². The molecule has 1 heterocycles. The van der Waals surface area contributed by atoms with E-state index in [0.29, 0.717) is 24.9 Å². The molecule has 1 atom stereocenters. The second-order valence-corrected chi connectivity index (χ2v) is 4.52. The highest BCUT2D eigenvalue weighted by atomic mass is 16.7. The summed E-state index contributed by atoms with van der Waals surface area (Å²) in [4.78, 5) is 11.1. The molecule has 0 bridgehead atoms. The van der Waals surface area contributed by atoms with Gasteiger partial charge < -0.3 is 9.47 Å². The number of carbonyl (C=O) groups is 1. The smallest absolute Gasteiger partial charge is 0.165 e. The molecular weight excluding hydrogens is 180 g/mol. The van der Waals surface area contributed by atoms with Gasteiger partial charge >= 0.3 is 0 Å². The van der Waals surface area contributed by atoms with Crippen molar-refractivity contribution < 1.29 is 14.3 Å². The van der Waals surface area contributed by atoms with E-state index in [2.05, 4.69) is 0 Å². The molecule has 0 aromatic heterocycles. The van der Waals surface area contributed by atoms with Gasteiger partial charge in [-0.15, -0.1) is 0 Å². The normalized spacial score (nSPS) is 31.2. The van der Waals surface area contributed by atoms with Crippen molar-refractivity contribution in [3.8, 4) is 0 Å². The molecule has 3 nitrogen and oxygen atoms in total. The van der Waals surface area contributed by atoms with Gasteiger partial charge in [-0.1, -0.05) is 0 Å². The predicted molar refractivity (Wildman–Crippen MR) is 51.9 cm³/mol. The van der Waals surface area contributed by atoms with Gasteiger partial charge in [0.25, 0.3) is 0 Å². The molecule has 2 aliphatic rings. The van der Waals surface area contributed by atoms with Crippen molar-refractivity contribution in [3.63, 3.8) is 0 Å². The lowest BCUT2D eigenvalue weighted by Crippen LogP contribution is -2.26. The van der Waals surface area contributed by atoms with Crippen LogP contribution in [-0.2, 0) is 14.3 Å². The van der Waals surface area contributed by atoms with Gasteiger partial charge in [0.1, 0.15) is 5.78 Å². The third-order valence-corrected chi connectivity index (χ3v) is 3.25. The highest BCUT2D eigenvalue weighted by molar-refractivity contribution is 5.80. The van der Waals surface area contributed by atoms with Crippen molar-refractivity contribution in [2.24, 2.45) is 5.92 Å². The van der Waals surface area contributed by atoms with E-state index in [4.69, 9.17) is 9.47 Å². The Hall–Kier alpha value is -0.410. The van der Waals surface area contributed by atoms with Gasteiger partial charge in [-0.05, 0) is 25.7 Å². The third kappa shape index (κ3) is 2.34. The minimum Gasteiger partial charge on any atom is -0.348 e. The number of hydrogen-bond acceptors (Lipinski definition) is 3. The van der Waals surface area contributed by atoms with Crippen molar-refractivity contribution in [1.82, 2.24) is 0 Å². The lowest BCUT2D eigenvalue weighted by atomic mass is 9.98. The molecule has 2 rings (SSSR count). The first kappa shape index (κ1) is 10.1. The van der Waals surface area contributed by atoms with Crippen LogP contribution in [0.3, 0.4) is 0 Å². The molecule has 0 aromatic carbocycles. The SMILES string of the molecule is CC1(CC[C@H]2CCC(=O)C2)OCCO1. The van der Waals surface area contributed by atoms with E-state index < -0.39 is 0 Å². The molecule has 0 aromatic rings. The maximum Gasteiger partial charge on any atom is 0.165 e. The van der Waals surface area contributed by atoms with Crippen LogP contribution in [0.4, 0.5) is 0 Å². The van der Waals surface area contributed by atoms with Crippen LogP contribution in [0, 0.1) is 5.92 Å². The zero-order valence-corrected chi connectivity index (χ0v) is 8.75. The van der Waals surface area contributed by atoms with Crippen LogP contribution in [0.1, 0.15) is 39.0 Å². The van der Waals surface area contributed by atoms with E-state index in [9.17, 15) is 4.79 Å². The molecule has 0 N–H and O–H groups in total. The minimum atomic E-state index is -0.369. The summed E-state index contributed by atoms with van der Waals surface area (Å²) in [7, 11) is 0. The fourth-order valence-electron chi connectivity index (χ4n) is 2.31. The van der Waals surface area contributed by atoms with Crippen LogP contribution in [0.15, 0.2) is 0 Å². The molecule has 2 fully saturated rings. The Morgan fingerprint density at radius 3 is 2.71 bits per heavy atom. The molecular formula is C11H18O3. The minimum absolute atomic E-state index is 0.369. The summed E-state index contributed by atoms with van der Waals surface area (Å²) in [6.45, 7) is 3.41. The van der Waals surface area contributed by atoms with Crippen molar-refractivity contribution in [3.05, 3.63) is 0 Å². The third-order valence-electron chi connectivity index (χ3n) is 3.25. The zero-order valence-electron chi connectivity index (χ0n) is 8.75. The van der Waals surface area contributed by atoms with E-state index in [0.717, 1.165) is 32.1 Å². The molecule has 0 unspecified atom stereocenters. The largest absolute Gasteiger partial charge is 0.348 e. The van der Waals surface area contributed by atoms with Crippen LogP contribution in [0.2, 0.25) is 0 Å². The van der Waals surface area contributed by atoms with E-state index in [1.807, 2.05) is 6.92 Å². The lowest BCUT2D eigenvalue weighted by molar-refractivity contribution is -0.149. The number of ether oxygens (including phenoxy) is 2. The van der Waals surface area contributed by atoms with Gasteiger partial charge in [0.15, 0.2) is 5.79 Å². The van der Waals surface area contributed by atoms with Gasteiger partial charge in [0.05, 0.1) is 13.2 Å². The molecule has 3 heteroatoms. The van der Waals surface area contributed by atoms with E-state index in [1.165, 1.54) is 0 Å². The summed E-state index contributed by atoms with van der Waals surface area (Å²) < 4.78 is 11.0. The number of ketones is 1. The summed E-state index contributed by atoms with van der Waals surface area (Å²) >= 11 is 0. The Morgan fingerprint density at radius 2 is 2.14 bits per heavy atom. The molecule has 0 spiro atoms. The van der Waals surface area contributed by atoms with Gasteiger partial charge in [0.2, 0.25) is 0 Å². The lowest BCUT2D eigenvalue weighted by Gasteiger charge is -2.23. The Morgan fingerprint density at radius 1 is 1.43 bits per heavy atom. The molecule has 80 valence electrons. The van der Waals surface area contributed by atoms with Crippen molar-refractivity contribution in [2.75, 3.05) is 13.2 Å². The van der Waals surface area contributed by atoms with Gasteiger partial charge in [-0.3, -0.25) is 4.79 Å². The molecule has 0 radical (unpaired) electrons. The van der Waals surface area contributed by atoms with Gasteiger partial charge in [-0.25, -0.2) is 0 Å². The van der Waals surface area contributed by atoms with Crippen molar-refractivity contribution >= 4 is 5.78 Å². The van der Waals surface area contributed by atoms with Gasteiger partial charge in [-0.2, -0.15) is 0 Å². The number of rotatable bonds is 3. The average Bonchev–Trinajstić information content (AvgIpc) is 2.73. The number of Topliss-reactive ketones (excluding diaryl/α,β-unsaturated/α-hetero) is 1. The predicted octanol–water partition coefficient (Wildman–Crippen LogP) is 1.90. The highest BCUT2D eigenvalue weighted by Gasteiger charge is 2.32. The summed E-state index contributed by atoms with van der Waals surface area (Å²) in [6.07, 6.45) is 4.60. The monoisotopic (exact) mass is 198 g/mol. The van der Waals surface area contributed by atoms with Crippen LogP contribution < -0.4 is 0 Å². The van der Waals surface area contributed by atoms with Gasteiger partial charge in [0, 0.05) is 19.3 Å². The highest BCUT2D eigenvalue weighted by Crippen LogP contribution is 2.31. The Bertz CT molecular complexity index is 219. The summed E-state index contributed by atoms with van der Waals surface area (Å²) in [6, 6.07) is 0. The number of carbonyl (C=O) groups excluding carboxylic acids is 1. The topological polar surface area (TPSA) is 35.5 Å². The summed E-state index contributed by atoms with van der Waals surface area (Å²) in [5.41, 5.74) is 0. The first-order valence-electron chi connectivity index (χ1n) is 5.48. The second-order valence-electron chi connectivity index (χ2n) is 4.52. The molecule has 1 aliphatic carbocycles. The van der Waals surface area contributed by atoms with Crippen LogP contribution in [0.5, 0.6) is 0 Å². The zero-order chi connectivity index (χ0) is 10.0. The Kier molecular flexibility index (Phi) is 2.88. The molecule has 1 saturated heterocycles. The van der Waals surface area contributed by atoms with Crippen LogP contribution in [0.25, 0.3) is 0 Å². The van der Waals surface area contributed by atoms with Crippen LogP contribution in [-0.4, -0.2) is 24.8 Å². The van der Waals surface area contributed by atoms with Crippen molar-refractivity contribution in [2.45, 2.75) is 44.8 Å². The standard InChI is InChI=1S/C11H18O3/c1-11(13-6-7-14-11)5-4-9-2-3-10(12)8-9/h9H,2-8H2,1H3/t9-/m1/s1. The van der Waals surface area contributed by atoms with E-state index in [-0.39, 0.29) is 5.79 Å². The van der Waals surface area contributed by atoms with E-state index >= 15 is 0 Å². The Balaban J connectivity index is 1.74. The first-order valence-corrected chi connectivity index (χ1v) is 5.48. The maximum absolute atomic E-state index is 11.1. The fourth-order valence-corrected chi connectivity index (χ4v) is 2.31. The fraction of sp³-hybridized carbons (Fsp3) is 0.909. The number of hydrogen-bond donors (Lipinski definition) is 0. The average molecular weight is 198 g/mol. The molecule has 0 amide bonds. The molecule has 1 saturated carbocycles. The molecule has 14 heavy (non-hydrogen) atoms. The summed E-state index contributed by atoms with van der Waals surface area (Å²) in [5, 5.41) is 0. The molecule has 1 aliphatic heterocycles. The summed E-state index contributed by atoms with van der Waals surface area (Å²) in [5.74, 6) is 0.631. The van der Waals surface area contributed by atoms with Crippen LogP contribution >= 0.6 is 0 Å². The first-order chi connectivity index (χ1) is 6.68.